The van der Waals surface area contributed by atoms with E-state index in [9.17, 15) is 4.79 Å². The molecule has 1 amide bonds. The van der Waals surface area contributed by atoms with Crippen LogP contribution in [0.4, 0.5) is 0 Å². The molecule has 0 radical (unpaired) electrons. The summed E-state index contributed by atoms with van der Waals surface area (Å²) in [7, 11) is 1.62. The summed E-state index contributed by atoms with van der Waals surface area (Å²) in [6.45, 7) is 6.84. The van der Waals surface area contributed by atoms with Gasteiger partial charge in [0.2, 0.25) is 17.7 Å². The van der Waals surface area contributed by atoms with Gasteiger partial charge in [0.25, 0.3) is 0 Å². The molecule has 2 aromatic rings. The number of methoxy groups -OCH3 is 1. The minimum atomic E-state index is 0.0121. The van der Waals surface area contributed by atoms with Gasteiger partial charge < -0.3 is 14.5 Å². The molecule has 1 aromatic heterocycles. The second-order valence-corrected chi connectivity index (χ2v) is 7.22. The third-order valence-corrected chi connectivity index (χ3v) is 5.05. The molecule has 28 heavy (non-hydrogen) atoms. The highest BCUT2D eigenvalue weighted by atomic mass is 35.5. The second kappa shape index (κ2) is 9.97. The Bertz CT molecular complexity index is 776. The lowest BCUT2D eigenvalue weighted by atomic mass is 10.2. The van der Waals surface area contributed by atoms with Gasteiger partial charge in [0.15, 0.2) is 0 Å². The first-order valence-electron chi connectivity index (χ1n) is 9.38. The lowest BCUT2D eigenvalue weighted by molar-refractivity contribution is -0.122. The van der Waals surface area contributed by atoms with Crippen LogP contribution in [-0.4, -0.2) is 78.9 Å². The minimum Gasteiger partial charge on any atom is -0.419 e. The summed E-state index contributed by atoms with van der Waals surface area (Å²) < 4.78 is 10.8. The van der Waals surface area contributed by atoms with Crippen molar-refractivity contribution in [3.63, 3.8) is 0 Å². The molecule has 0 saturated carbocycles. The van der Waals surface area contributed by atoms with E-state index in [0.29, 0.717) is 36.5 Å². The number of benzene rings is 1. The van der Waals surface area contributed by atoms with Gasteiger partial charge in [-0.2, -0.15) is 0 Å². The van der Waals surface area contributed by atoms with Crippen molar-refractivity contribution in [1.82, 2.24) is 25.3 Å². The van der Waals surface area contributed by atoms with Crippen LogP contribution < -0.4 is 5.32 Å². The van der Waals surface area contributed by atoms with Gasteiger partial charge in [-0.15, -0.1) is 10.2 Å². The number of carbonyl (C=O) groups is 1. The monoisotopic (exact) mass is 407 g/mol. The number of hydrogen-bond acceptors (Lipinski definition) is 7. The molecule has 1 atom stereocenters. The highest BCUT2D eigenvalue weighted by molar-refractivity contribution is 6.30. The molecule has 3 rings (SSSR count). The number of aromatic nitrogens is 2. The molecule has 0 spiro atoms. The zero-order valence-electron chi connectivity index (χ0n) is 16.2. The highest BCUT2D eigenvalue weighted by Gasteiger charge is 2.26. The number of nitrogens with zero attached hydrogens (tertiary/aromatic N) is 4. The largest absolute Gasteiger partial charge is 0.419 e. The maximum absolute atomic E-state index is 11.9. The fourth-order valence-corrected chi connectivity index (χ4v) is 3.35. The molecule has 152 valence electrons. The molecule has 8 nitrogen and oxygen atoms in total. The fraction of sp³-hybridized carbons (Fsp3) is 0.526. The average molecular weight is 408 g/mol. The number of ether oxygens (including phenoxy) is 1. The summed E-state index contributed by atoms with van der Waals surface area (Å²) in [4.78, 5) is 16.4. The summed E-state index contributed by atoms with van der Waals surface area (Å²) in [5, 5.41) is 11.9. The van der Waals surface area contributed by atoms with E-state index in [0.717, 1.165) is 31.7 Å². The van der Waals surface area contributed by atoms with Crippen LogP contribution in [-0.2, 0) is 9.53 Å². The predicted molar refractivity (Wildman–Crippen MR) is 106 cm³/mol. The maximum Gasteiger partial charge on any atom is 0.247 e. The lowest BCUT2D eigenvalue weighted by Gasteiger charge is -2.36. The number of halogens is 1. The number of rotatable bonds is 8. The van der Waals surface area contributed by atoms with Crippen molar-refractivity contribution in [1.29, 1.82) is 0 Å². The Morgan fingerprint density at radius 2 is 2.11 bits per heavy atom. The van der Waals surface area contributed by atoms with Crippen LogP contribution in [0.2, 0.25) is 5.02 Å². The Kier molecular flexibility index (Phi) is 7.38. The second-order valence-electron chi connectivity index (χ2n) is 6.79. The van der Waals surface area contributed by atoms with Gasteiger partial charge in [-0.1, -0.05) is 17.7 Å². The van der Waals surface area contributed by atoms with Crippen LogP contribution in [0.5, 0.6) is 0 Å². The molecule has 1 aromatic carbocycles. The van der Waals surface area contributed by atoms with Gasteiger partial charge in [0.1, 0.15) is 0 Å². The van der Waals surface area contributed by atoms with Crippen molar-refractivity contribution in [2.45, 2.75) is 13.0 Å². The van der Waals surface area contributed by atoms with Gasteiger partial charge in [-0.05, 0) is 25.1 Å². The van der Waals surface area contributed by atoms with E-state index in [4.69, 9.17) is 20.8 Å². The first kappa shape index (κ1) is 20.7. The van der Waals surface area contributed by atoms with Crippen LogP contribution in [0.25, 0.3) is 11.5 Å². The van der Waals surface area contributed by atoms with Crippen LogP contribution >= 0.6 is 11.6 Å². The molecule has 1 aliphatic rings. The van der Waals surface area contributed by atoms with Gasteiger partial charge in [0, 0.05) is 50.4 Å². The summed E-state index contributed by atoms with van der Waals surface area (Å²) >= 11 is 6.03. The molecule has 1 N–H and O–H groups in total. The van der Waals surface area contributed by atoms with Gasteiger partial charge in [0.05, 0.1) is 19.2 Å². The molecular weight excluding hydrogens is 382 g/mol. The van der Waals surface area contributed by atoms with E-state index in [1.807, 2.05) is 18.2 Å². The number of amides is 1. The van der Waals surface area contributed by atoms with Crippen LogP contribution in [0, 0.1) is 0 Å². The van der Waals surface area contributed by atoms with Crippen LogP contribution in [0.15, 0.2) is 28.7 Å². The van der Waals surface area contributed by atoms with Crippen molar-refractivity contribution in [3.8, 4) is 11.5 Å². The summed E-state index contributed by atoms with van der Waals surface area (Å²) in [6, 6.07) is 7.38. The van der Waals surface area contributed by atoms with Crippen molar-refractivity contribution in [2.75, 3.05) is 53.0 Å². The fourth-order valence-electron chi connectivity index (χ4n) is 3.16. The smallest absolute Gasteiger partial charge is 0.247 e. The summed E-state index contributed by atoms with van der Waals surface area (Å²) in [5.41, 5.74) is 0.808. The number of nitrogens with one attached hydrogen (secondary N) is 1. The molecule has 9 heteroatoms. The topological polar surface area (TPSA) is 83.7 Å². The minimum absolute atomic E-state index is 0.0121. The molecule has 2 heterocycles. The van der Waals surface area contributed by atoms with Crippen molar-refractivity contribution in [2.24, 2.45) is 0 Å². The van der Waals surface area contributed by atoms with E-state index in [2.05, 4.69) is 32.2 Å². The Morgan fingerprint density at radius 3 is 2.82 bits per heavy atom. The summed E-state index contributed by atoms with van der Waals surface area (Å²) in [6.07, 6.45) is 0. The zero-order chi connectivity index (χ0) is 19.9. The average Bonchev–Trinajstić information content (AvgIpc) is 3.18. The molecule has 0 bridgehead atoms. The van der Waals surface area contributed by atoms with Crippen LogP contribution in [0.1, 0.15) is 18.9 Å². The maximum atomic E-state index is 11.9. The Hall–Kier alpha value is -2.00. The first-order valence-corrected chi connectivity index (χ1v) is 9.76. The molecule has 1 saturated heterocycles. The van der Waals surface area contributed by atoms with E-state index >= 15 is 0 Å². The van der Waals surface area contributed by atoms with E-state index in [1.165, 1.54) is 0 Å². The van der Waals surface area contributed by atoms with Gasteiger partial charge in [-0.25, -0.2) is 0 Å². The predicted octanol–water partition coefficient (Wildman–Crippen LogP) is 1.83. The molecule has 1 unspecified atom stereocenters. The summed E-state index contributed by atoms with van der Waals surface area (Å²) in [5.74, 6) is 1.08. The standard InChI is InChI=1S/C19H26ClN5O3/c1-14(18-22-23-19(28-18)15-4-3-5-16(20)12-15)25-9-7-24(8-10-25)13-17(26)21-6-11-27-2/h3-5,12,14H,6-11,13H2,1-2H3,(H,21,26). The van der Waals surface area contributed by atoms with E-state index in [-0.39, 0.29) is 11.9 Å². The Labute approximate surface area is 169 Å². The normalized spacial score (nSPS) is 16.8. The molecule has 1 fully saturated rings. The molecule has 1 aliphatic heterocycles. The van der Waals surface area contributed by atoms with E-state index < -0.39 is 0 Å². The highest BCUT2D eigenvalue weighted by Crippen LogP contribution is 2.26. The number of carbonyl (C=O) groups excluding carboxylic acids is 1. The lowest BCUT2D eigenvalue weighted by Crippen LogP contribution is -2.50. The SMILES string of the molecule is COCCNC(=O)CN1CCN(C(C)c2nnc(-c3cccc(Cl)c3)o2)CC1. The zero-order valence-corrected chi connectivity index (χ0v) is 17.0. The van der Waals surface area contributed by atoms with Crippen LogP contribution in [0.3, 0.4) is 0 Å². The Balaban J connectivity index is 1.50. The van der Waals surface area contributed by atoms with E-state index in [1.54, 1.807) is 13.2 Å². The Morgan fingerprint density at radius 1 is 1.32 bits per heavy atom. The van der Waals surface area contributed by atoms with Crippen molar-refractivity contribution >= 4 is 17.5 Å². The van der Waals surface area contributed by atoms with Crippen molar-refractivity contribution < 1.29 is 13.9 Å². The van der Waals surface area contributed by atoms with Gasteiger partial charge in [-0.3, -0.25) is 14.6 Å². The first-order chi connectivity index (χ1) is 13.6. The van der Waals surface area contributed by atoms with Crippen molar-refractivity contribution in [3.05, 3.63) is 35.2 Å². The molecule has 0 aliphatic carbocycles. The third-order valence-electron chi connectivity index (χ3n) is 4.82. The number of piperazine rings is 1. The van der Waals surface area contributed by atoms with Gasteiger partial charge >= 0.3 is 0 Å². The number of hydrogen-bond donors (Lipinski definition) is 1. The third kappa shape index (κ3) is 5.51. The quantitative estimate of drug-likeness (QED) is 0.668. The molecular formula is C19H26ClN5O3.